The lowest BCUT2D eigenvalue weighted by atomic mass is 9.96. The molecule has 3 N–H and O–H groups in total. The van der Waals surface area contributed by atoms with Crippen LogP contribution in [-0.4, -0.2) is 35.8 Å². The molecule has 1 saturated carbocycles. The van der Waals surface area contributed by atoms with Crippen LogP contribution in [0, 0.1) is 6.92 Å². The predicted octanol–water partition coefficient (Wildman–Crippen LogP) is 3.59. The number of H-pyrrole nitrogens is 1. The third kappa shape index (κ3) is 4.79. The van der Waals surface area contributed by atoms with Gasteiger partial charge in [0.1, 0.15) is 0 Å². The molecule has 1 aliphatic rings. The molecule has 0 saturated heterocycles. The molecular formula is C20H28ClN5. The van der Waals surface area contributed by atoms with Crippen LogP contribution in [0.25, 0.3) is 0 Å². The molecule has 3 rings (SSSR count). The molecule has 2 aromatic rings. The maximum atomic E-state index is 6.16. The van der Waals surface area contributed by atoms with Gasteiger partial charge >= 0.3 is 0 Å². The Bertz CT molecular complexity index is 748. The van der Waals surface area contributed by atoms with Gasteiger partial charge in [0.2, 0.25) is 0 Å². The first kappa shape index (κ1) is 18.8. The van der Waals surface area contributed by atoms with Crippen molar-refractivity contribution in [2.24, 2.45) is 4.99 Å². The normalized spacial score (nSPS) is 15.7. The highest BCUT2D eigenvalue weighted by atomic mass is 35.5. The van der Waals surface area contributed by atoms with Crippen molar-refractivity contribution >= 4 is 17.6 Å². The molecule has 26 heavy (non-hydrogen) atoms. The third-order valence-corrected chi connectivity index (χ3v) is 5.26. The molecule has 5 nitrogen and oxygen atoms in total. The van der Waals surface area contributed by atoms with E-state index in [1.807, 2.05) is 18.3 Å². The zero-order chi connectivity index (χ0) is 18.4. The Morgan fingerprint density at radius 2 is 2.19 bits per heavy atom. The predicted molar refractivity (Wildman–Crippen MR) is 108 cm³/mol. The maximum absolute atomic E-state index is 6.16. The van der Waals surface area contributed by atoms with Crippen LogP contribution in [0.15, 0.2) is 35.5 Å². The number of hydrogen-bond acceptors (Lipinski definition) is 2. The SMILES string of the molecule is CCNC(=NCC1(c2cccc(Cl)c2)CC1)NCCCc1cn[nH]c1C. The van der Waals surface area contributed by atoms with Crippen molar-refractivity contribution in [3.05, 3.63) is 52.3 Å². The van der Waals surface area contributed by atoms with Gasteiger partial charge in [-0.15, -0.1) is 0 Å². The summed E-state index contributed by atoms with van der Waals surface area (Å²) in [4.78, 5) is 4.84. The van der Waals surface area contributed by atoms with Crippen molar-refractivity contribution in [3.8, 4) is 0 Å². The fourth-order valence-electron chi connectivity index (χ4n) is 3.19. The highest BCUT2D eigenvalue weighted by molar-refractivity contribution is 6.30. The van der Waals surface area contributed by atoms with Crippen LogP contribution >= 0.6 is 11.6 Å². The average molecular weight is 374 g/mol. The number of aromatic nitrogens is 2. The first-order chi connectivity index (χ1) is 12.6. The van der Waals surface area contributed by atoms with E-state index in [9.17, 15) is 0 Å². The van der Waals surface area contributed by atoms with Gasteiger partial charge in [-0.05, 0) is 62.8 Å². The van der Waals surface area contributed by atoms with Crippen LogP contribution in [0.4, 0.5) is 0 Å². The fraction of sp³-hybridized carbons (Fsp3) is 0.500. The van der Waals surface area contributed by atoms with Crippen molar-refractivity contribution in [2.75, 3.05) is 19.6 Å². The van der Waals surface area contributed by atoms with Crippen LogP contribution in [-0.2, 0) is 11.8 Å². The number of halogens is 1. The Kier molecular flexibility index (Phi) is 6.20. The minimum Gasteiger partial charge on any atom is -0.357 e. The monoisotopic (exact) mass is 373 g/mol. The van der Waals surface area contributed by atoms with E-state index in [0.717, 1.165) is 49.2 Å². The van der Waals surface area contributed by atoms with Gasteiger partial charge in [-0.25, -0.2) is 0 Å². The van der Waals surface area contributed by atoms with Crippen LogP contribution in [0.1, 0.15) is 43.0 Å². The third-order valence-electron chi connectivity index (χ3n) is 5.02. The molecule has 0 bridgehead atoms. The summed E-state index contributed by atoms with van der Waals surface area (Å²) in [6.07, 6.45) is 6.33. The Morgan fingerprint density at radius 1 is 1.35 bits per heavy atom. The number of aromatic amines is 1. The molecule has 1 aromatic heterocycles. The first-order valence-electron chi connectivity index (χ1n) is 9.40. The molecule has 0 unspecified atom stereocenters. The minimum absolute atomic E-state index is 0.168. The van der Waals surface area contributed by atoms with E-state index in [2.05, 4.69) is 46.8 Å². The van der Waals surface area contributed by atoms with E-state index in [4.69, 9.17) is 16.6 Å². The van der Waals surface area contributed by atoms with Crippen molar-refractivity contribution in [1.29, 1.82) is 0 Å². The van der Waals surface area contributed by atoms with Crippen molar-refractivity contribution < 1.29 is 0 Å². The molecule has 0 atom stereocenters. The maximum Gasteiger partial charge on any atom is 0.191 e. The number of rotatable bonds is 8. The second-order valence-corrected chi connectivity index (χ2v) is 7.47. The van der Waals surface area contributed by atoms with E-state index < -0.39 is 0 Å². The summed E-state index contributed by atoms with van der Waals surface area (Å²) in [6.45, 7) is 6.70. The lowest BCUT2D eigenvalue weighted by Crippen LogP contribution is -2.38. The molecule has 0 radical (unpaired) electrons. The van der Waals surface area contributed by atoms with Gasteiger partial charge in [0.25, 0.3) is 0 Å². The number of aryl methyl sites for hydroxylation is 2. The average Bonchev–Trinajstić information content (AvgIpc) is 3.32. The summed E-state index contributed by atoms with van der Waals surface area (Å²) in [7, 11) is 0. The van der Waals surface area contributed by atoms with Crippen molar-refractivity contribution in [1.82, 2.24) is 20.8 Å². The molecule has 1 fully saturated rings. The van der Waals surface area contributed by atoms with E-state index in [1.54, 1.807) is 0 Å². The zero-order valence-electron chi connectivity index (χ0n) is 15.6. The molecule has 0 amide bonds. The standard InChI is InChI=1S/C20H28ClN5/c1-3-22-19(23-11-5-6-16-13-25-26-15(16)2)24-14-20(9-10-20)17-7-4-8-18(21)12-17/h4,7-8,12-13H,3,5-6,9-11,14H2,1-2H3,(H,25,26)(H2,22,23,24). The molecule has 6 heteroatoms. The fourth-order valence-corrected chi connectivity index (χ4v) is 3.38. The molecule has 0 aliphatic heterocycles. The van der Waals surface area contributed by atoms with E-state index >= 15 is 0 Å². The van der Waals surface area contributed by atoms with Crippen LogP contribution in [0.3, 0.4) is 0 Å². The molecule has 1 heterocycles. The molecule has 1 aromatic carbocycles. The molecule has 0 spiro atoms. The van der Waals surface area contributed by atoms with Crippen LogP contribution < -0.4 is 10.6 Å². The number of nitrogens with zero attached hydrogens (tertiary/aromatic N) is 2. The quantitative estimate of drug-likeness (QED) is 0.376. The molecule has 1 aliphatic carbocycles. The van der Waals surface area contributed by atoms with Crippen LogP contribution in [0.2, 0.25) is 5.02 Å². The topological polar surface area (TPSA) is 65.1 Å². The zero-order valence-corrected chi connectivity index (χ0v) is 16.4. The smallest absolute Gasteiger partial charge is 0.191 e. The highest BCUT2D eigenvalue weighted by Crippen LogP contribution is 2.48. The molecular weight excluding hydrogens is 346 g/mol. The first-order valence-corrected chi connectivity index (χ1v) is 9.78. The highest BCUT2D eigenvalue weighted by Gasteiger charge is 2.44. The Morgan fingerprint density at radius 3 is 2.85 bits per heavy atom. The summed E-state index contributed by atoms with van der Waals surface area (Å²) in [5, 5.41) is 14.7. The van der Waals surface area contributed by atoms with Crippen molar-refractivity contribution in [2.45, 2.75) is 44.9 Å². The largest absolute Gasteiger partial charge is 0.357 e. The Balaban J connectivity index is 1.53. The van der Waals surface area contributed by atoms with Gasteiger partial charge in [-0.1, -0.05) is 23.7 Å². The summed E-state index contributed by atoms with van der Waals surface area (Å²) in [5.74, 6) is 0.893. The number of aliphatic imine (C=N–C) groups is 1. The number of guanidine groups is 1. The number of benzene rings is 1. The van der Waals surface area contributed by atoms with E-state index in [1.165, 1.54) is 24.0 Å². The van der Waals surface area contributed by atoms with Crippen LogP contribution in [0.5, 0.6) is 0 Å². The Hall–Kier alpha value is -2.01. The Labute approximate surface area is 160 Å². The van der Waals surface area contributed by atoms with Gasteiger partial charge in [0, 0.05) is 29.2 Å². The molecule has 140 valence electrons. The second kappa shape index (κ2) is 8.58. The number of hydrogen-bond donors (Lipinski definition) is 3. The van der Waals surface area contributed by atoms with Gasteiger partial charge in [0.15, 0.2) is 5.96 Å². The summed E-state index contributed by atoms with van der Waals surface area (Å²) in [5.41, 5.74) is 3.91. The summed E-state index contributed by atoms with van der Waals surface area (Å²) >= 11 is 6.16. The van der Waals surface area contributed by atoms with E-state index in [-0.39, 0.29) is 5.41 Å². The lowest BCUT2D eigenvalue weighted by molar-refractivity contribution is 0.686. The lowest BCUT2D eigenvalue weighted by Gasteiger charge is -2.16. The number of nitrogens with one attached hydrogen (secondary N) is 3. The second-order valence-electron chi connectivity index (χ2n) is 7.04. The van der Waals surface area contributed by atoms with Gasteiger partial charge < -0.3 is 10.6 Å². The van der Waals surface area contributed by atoms with E-state index in [0.29, 0.717) is 0 Å². The van der Waals surface area contributed by atoms with Gasteiger partial charge in [-0.3, -0.25) is 10.1 Å². The minimum atomic E-state index is 0.168. The summed E-state index contributed by atoms with van der Waals surface area (Å²) < 4.78 is 0. The van der Waals surface area contributed by atoms with Gasteiger partial charge in [-0.2, -0.15) is 5.10 Å². The summed E-state index contributed by atoms with van der Waals surface area (Å²) in [6, 6.07) is 8.21. The van der Waals surface area contributed by atoms with Crippen molar-refractivity contribution in [3.63, 3.8) is 0 Å². The van der Waals surface area contributed by atoms with Gasteiger partial charge in [0.05, 0.1) is 12.7 Å².